The summed E-state index contributed by atoms with van der Waals surface area (Å²) in [7, 11) is 0.566. The number of para-hydroxylation sites is 1. The Balaban J connectivity index is 1.64. The molecule has 1 heterocycles. The van der Waals surface area contributed by atoms with E-state index in [-0.39, 0.29) is 23.6 Å². The van der Waals surface area contributed by atoms with Gasteiger partial charge in [0.2, 0.25) is 5.91 Å². The number of carbonyl (C=O) groups excluding carboxylic acids is 1. The van der Waals surface area contributed by atoms with Gasteiger partial charge in [0, 0.05) is 6.54 Å². The van der Waals surface area contributed by atoms with Crippen LogP contribution in [0.3, 0.4) is 0 Å². The number of rotatable bonds is 6. The third kappa shape index (κ3) is 4.47. The lowest BCUT2D eigenvalue weighted by atomic mass is 9.72. The number of hydrogen-bond acceptors (Lipinski definition) is 5. The van der Waals surface area contributed by atoms with Crippen LogP contribution in [0.2, 0.25) is 0 Å². The third-order valence-corrected chi connectivity index (χ3v) is 4.46. The second-order valence-electron chi connectivity index (χ2n) is 6.51. The predicted molar refractivity (Wildman–Crippen MR) is 101 cm³/mol. The van der Waals surface area contributed by atoms with Gasteiger partial charge in [0.1, 0.15) is 5.75 Å². The van der Waals surface area contributed by atoms with E-state index in [2.05, 4.69) is 10.6 Å². The summed E-state index contributed by atoms with van der Waals surface area (Å²) in [6.07, 6.45) is 0.482. The van der Waals surface area contributed by atoms with E-state index < -0.39 is 19.0 Å². The second-order valence-corrected chi connectivity index (χ2v) is 6.51. The number of fused-ring (bicyclic) bond motifs is 1. The standard InChI is InChI=1S/C19H21BN2O5/c1-21-11-13-7-5-12(6-8-13)9-17(23)22-16-10-14-3-2-4-15(19(24)25)18(14)27-20(16)26/h2-8,16,21,26H,9-11H2,1H3,(H,22,23)(H,24,25)/t16-/m0/s1. The molecule has 7 nitrogen and oxygen atoms in total. The summed E-state index contributed by atoms with van der Waals surface area (Å²) in [5.74, 6) is -1.84. The zero-order chi connectivity index (χ0) is 19.4. The molecule has 2 aromatic carbocycles. The maximum absolute atomic E-state index is 12.3. The Labute approximate surface area is 157 Å². The molecule has 2 aromatic rings. The maximum Gasteiger partial charge on any atom is 0.547 e. The van der Waals surface area contributed by atoms with Gasteiger partial charge in [-0.25, -0.2) is 4.79 Å². The van der Waals surface area contributed by atoms with Crippen molar-refractivity contribution in [3.05, 3.63) is 64.7 Å². The predicted octanol–water partition coefficient (Wildman–Crippen LogP) is 0.786. The maximum atomic E-state index is 12.3. The summed E-state index contributed by atoms with van der Waals surface area (Å²) < 4.78 is 5.38. The Hall–Kier alpha value is -2.84. The van der Waals surface area contributed by atoms with E-state index in [1.54, 1.807) is 12.1 Å². The van der Waals surface area contributed by atoms with Gasteiger partial charge >= 0.3 is 13.1 Å². The van der Waals surface area contributed by atoms with E-state index in [0.29, 0.717) is 12.0 Å². The van der Waals surface area contributed by atoms with Gasteiger partial charge in [-0.3, -0.25) is 4.79 Å². The zero-order valence-electron chi connectivity index (χ0n) is 14.9. The van der Waals surface area contributed by atoms with Crippen molar-refractivity contribution in [2.45, 2.75) is 25.3 Å². The zero-order valence-corrected chi connectivity index (χ0v) is 14.9. The Morgan fingerprint density at radius 2 is 1.89 bits per heavy atom. The smallest absolute Gasteiger partial charge is 0.534 e. The molecule has 3 rings (SSSR count). The van der Waals surface area contributed by atoms with Crippen molar-refractivity contribution in [2.24, 2.45) is 0 Å². The summed E-state index contributed by atoms with van der Waals surface area (Å²) >= 11 is 0. The fourth-order valence-corrected chi connectivity index (χ4v) is 3.14. The molecule has 0 saturated heterocycles. The molecule has 0 fully saturated rings. The molecule has 0 bridgehead atoms. The van der Waals surface area contributed by atoms with Crippen LogP contribution in [0.5, 0.6) is 5.75 Å². The molecule has 4 N–H and O–H groups in total. The Bertz CT molecular complexity index is 840. The van der Waals surface area contributed by atoms with Gasteiger partial charge < -0.3 is 25.4 Å². The molecule has 27 heavy (non-hydrogen) atoms. The van der Waals surface area contributed by atoms with Crippen LogP contribution in [0.25, 0.3) is 0 Å². The van der Waals surface area contributed by atoms with Gasteiger partial charge in [0.25, 0.3) is 0 Å². The normalized spacial score (nSPS) is 15.6. The first-order chi connectivity index (χ1) is 13.0. The molecule has 140 valence electrons. The first kappa shape index (κ1) is 18.9. The molecule has 0 spiro atoms. The van der Waals surface area contributed by atoms with Gasteiger partial charge in [-0.1, -0.05) is 36.4 Å². The van der Waals surface area contributed by atoms with E-state index >= 15 is 0 Å². The van der Waals surface area contributed by atoms with E-state index in [1.807, 2.05) is 31.3 Å². The number of carboxylic acids is 1. The number of benzene rings is 2. The summed E-state index contributed by atoms with van der Waals surface area (Å²) in [5, 5.41) is 25.3. The lowest BCUT2D eigenvalue weighted by Gasteiger charge is -2.28. The van der Waals surface area contributed by atoms with Crippen molar-refractivity contribution >= 4 is 19.0 Å². The lowest BCUT2D eigenvalue weighted by Crippen LogP contribution is -2.53. The van der Waals surface area contributed by atoms with Crippen LogP contribution in [0.15, 0.2) is 42.5 Å². The van der Waals surface area contributed by atoms with Crippen molar-refractivity contribution in [3.63, 3.8) is 0 Å². The molecule has 1 aliphatic heterocycles. The van der Waals surface area contributed by atoms with E-state index in [0.717, 1.165) is 17.7 Å². The number of carboxylic acid groups (broad SMARTS) is 1. The van der Waals surface area contributed by atoms with Crippen LogP contribution in [0.1, 0.15) is 27.0 Å². The second kappa shape index (κ2) is 8.24. The molecule has 1 atom stereocenters. The molecule has 0 radical (unpaired) electrons. The van der Waals surface area contributed by atoms with Crippen LogP contribution < -0.4 is 15.3 Å². The van der Waals surface area contributed by atoms with Crippen molar-refractivity contribution in [2.75, 3.05) is 7.05 Å². The fourth-order valence-electron chi connectivity index (χ4n) is 3.14. The molecule has 0 aromatic heterocycles. The van der Waals surface area contributed by atoms with E-state index in [1.165, 1.54) is 6.07 Å². The molecular formula is C19H21BN2O5. The first-order valence-electron chi connectivity index (χ1n) is 8.69. The van der Waals surface area contributed by atoms with Crippen molar-refractivity contribution in [3.8, 4) is 5.75 Å². The number of aromatic carboxylic acids is 1. The average molecular weight is 368 g/mol. The minimum Gasteiger partial charge on any atom is -0.534 e. The van der Waals surface area contributed by atoms with Crippen molar-refractivity contribution in [1.82, 2.24) is 10.6 Å². The summed E-state index contributed by atoms with van der Waals surface area (Å²) in [6, 6.07) is 12.5. The summed E-state index contributed by atoms with van der Waals surface area (Å²) in [5.41, 5.74) is 2.63. The molecule has 1 amide bonds. The Morgan fingerprint density at radius 3 is 2.56 bits per heavy atom. The number of amides is 1. The Morgan fingerprint density at radius 1 is 1.19 bits per heavy atom. The Kier molecular flexibility index (Phi) is 5.78. The highest BCUT2D eigenvalue weighted by Gasteiger charge is 2.37. The fraction of sp³-hybridized carbons (Fsp3) is 0.263. The third-order valence-electron chi connectivity index (χ3n) is 4.46. The van der Waals surface area contributed by atoms with E-state index in [9.17, 15) is 19.7 Å². The summed E-state index contributed by atoms with van der Waals surface area (Å²) in [6.45, 7) is 0.760. The quantitative estimate of drug-likeness (QED) is 0.562. The highest BCUT2D eigenvalue weighted by atomic mass is 16.5. The number of carbonyl (C=O) groups is 2. The van der Waals surface area contributed by atoms with Gasteiger partial charge in [-0.05, 0) is 36.2 Å². The largest absolute Gasteiger partial charge is 0.547 e. The minimum atomic E-state index is -1.31. The van der Waals surface area contributed by atoms with Crippen molar-refractivity contribution in [1.29, 1.82) is 0 Å². The van der Waals surface area contributed by atoms with E-state index in [4.69, 9.17) is 4.65 Å². The first-order valence-corrected chi connectivity index (χ1v) is 8.69. The SMILES string of the molecule is CNCc1ccc(CC(=O)N[C@H]2Cc3cccc(C(=O)O)c3OB2O)cc1. The highest BCUT2D eigenvalue weighted by molar-refractivity contribution is 6.47. The van der Waals surface area contributed by atoms with Crippen LogP contribution in [-0.2, 0) is 24.2 Å². The lowest BCUT2D eigenvalue weighted by molar-refractivity contribution is -0.120. The van der Waals surface area contributed by atoms with Crippen molar-refractivity contribution < 1.29 is 24.4 Å². The van der Waals surface area contributed by atoms with Crippen LogP contribution in [0.4, 0.5) is 0 Å². The number of nitrogens with one attached hydrogen (secondary N) is 2. The van der Waals surface area contributed by atoms with Crippen LogP contribution in [-0.4, -0.2) is 42.1 Å². The monoisotopic (exact) mass is 368 g/mol. The highest BCUT2D eigenvalue weighted by Crippen LogP contribution is 2.30. The number of hydrogen-bond donors (Lipinski definition) is 4. The van der Waals surface area contributed by atoms with Gasteiger partial charge in [0.15, 0.2) is 0 Å². The van der Waals surface area contributed by atoms with Gasteiger partial charge in [-0.2, -0.15) is 0 Å². The molecule has 1 aliphatic rings. The van der Waals surface area contributed by atoms with Crippen LogP contribution in [0, 0.1) is 0 Å². The molecule has 8 heteroatoms. The minimum absolute atomic E-state index is 0.00187. The molecule has 0 unspecified atom stereocenters. The van der Waals surface area contributed by atoms with Gasteiger partial charge in [-0.15, -0.1) is 0 Å². The van der Waals surface area contributed by atoms with Crippen LogP contribution >= 0.6 is 0 Å². The molecule has 0 saturated carbocycles. The summed E-state index contributed by atoms with van der Waals surface area (Å²) in [4.78, 5) is 23.6. The molecular weight excluding hydrogens is 347 g/mol. The average Bonchev–Trinajstić information content (AvgIpc) is 2.63. The van der Waals surface area contributed by atoms with Gasteiger partial charge in [0.05, 0.1) is 17.9 Å². The topological polar surface area (TPSA) is 108 Å². The molecule has 0 aliphatic carbocycles.